The summed E-state index contributed by atoms with van der Waals surface area (Å²) in [5.74, 6) is -0.331. The zero-order chi connectivity index (χ0) is 17.9. The van der Waals surface area contributed by atoms with Crippen molar-refractivity contribution in [3.8, 4) is 0 Å². The van der Waals surface area contributed by atoms with Crippen LogP contribution in [0.1, 0.15) is 27.5 Å². The van der Waals surface area contributed by atoms with Gasteiger partial charge in [-0.1, -0.05) is 66.7 Å². The van der Waals surface area contributed by atoms with E-state index < -0.39 is 6.04 Å². The van der Waals surface area contributed by atoms with Crippen molar-refractivity contribution in [2.45, 2.75) is 12.6 Å². The molecule has 1 aliphatic rings. The SMILES string of the molecule is O=C(NCc1ccccc1)C1c2ccccc2C(=O)N1c1ccccc1. The number of hydrogen-bond donors (Lipinski definition) is 1. The normalized spacial score (nSPS) is 15.6. The third-order valence-electron chi connectivity index (χ3n) is 4.56. The number of rotatable bonds is 4. The molecule has 3 aromatic carbocycles. The average molecular weight is 342 g/mol. The lowest BCUT2D eigenvalue weighted by Crippen LogP contribution is -2.39. The Balaban J connectivity index is 1.66. The number of benzene rings is 3. The number of para-hydroxylation sites is 1. The van der Waals surface area contributed by atoms with Gasteiger partial charge < -0.3 is 5.32 Å². The minimum absolute atomic E-state index is 0.147. The number of anilines is 1. The fourth-order valence-electron chi connectivity index (χ4n) is 3.31. The minimum Gasteiger partial charge on any atom is -0.350 e. The molecule has 4 nitrogen and oxygen atoms in total. The molecule has 4 heteroatoms. The van der Waals surface area contributed by atoms with Crippen molar-refractivity contribution in [2.75, 3.05) is 4.90 Å². The summed E-state index contributed by atoms with van der Waals surface area (Å²) in [6.07, 6.45) is 0. The molecule has 2 amide bonds. The minimum atomic E-state index is -0.662. The first-order valence-corrected chi connectivity index (χ1v) is 8.55. The van der Waals surface area contributed by atoms with E-state index in [1.165, 1.54) is 0 Å². The second kappa shape index (κ2) is 6.84. The highest BCUT2D eigenvalue weighted by Crippen LogP contribution is 2.37. The molecule has 1 unspecified atom stereocenters. The summed E-state index contributed by atoms with van der Waals surface area (Å²) in [4.78, 5) is 27.5. The first-order chi connectivity index (χ1) is 12.8. The van der Waals surface area contributed by atoms with Crippen LogP contribution in [0, 0.1) is 0 Å². The van der Waals surface area contributed by atoms with Gasteiger partial charge in [-0.05, 0) is 29.3 Å². The fourth-order valence-corrected chi connectivity index (χ4v) is 3.31. The first kappa shape index (κ1) is 16.1. The number of nitrogens with zero attached hydrogens (tertiary/aromatic N) is 1. The lowest BCUT2D eigenvalue weighted by atomic mass is 10.0. The summed E-state index contributed by atoms with van der Waals surface area (Å²) in [5, 5.41) is 2.97. The first-order valence-electron chi connectivity index (χ1n) is 8.55. The zero-order valence-corrected chi connectivity index (χ0v) is 14.1. The van der Waals surface area contributed by atoms with Gasteiger partial charge in [0.05, 0.1) is 0 Å². The van der Waals surface area contributed by atoms with Gasteiger partial charge in [-0.3, -0.25) is 14.5 Å². The number of carbonyl (C=O) groups is 2. The van der Waals surface area contributed by atoms with E-state index >= 15 is 0 Å². The number of fused-ring (bicyclic) bond motifs is 1. The van der Waals surface area contributed by atoms with Crippen molar-refractivity contribution in [3.63, 3.8) is 0 Å². The van der Waals surface area contributed by atoms with E-state index in [-0.39, 0.29) is 11.8 Å². The van der Waals surface area contributed by atoms with Crippen LogP contribution < -0.4 is 10.2 Å². The molecule has 0 spiro atoms. The number of amides is 2. The van der Waals surface area contributed by atoms with Crippen LogP contribution in [0.25, 0.3) is 0 Å². The van der Waals surface area contributed by atoms with E-state index in [0.717, 1.165) is 11.1 Å². The molecule has 1 N–H and O–H groups in total. The maximum Gasteiger partial charge on any atom is 0.259 e. The van der Waals surface area contributed by atoms with E-state index in [1.807, 2.05) is 78.9 Å². The maximum absolute atomic E-state index is 13.0. The smallest absolute Gasteiger partial charge is 0.259 e. The molecule has 1 aliphatic heterocycles. The molecule has 0 aromatic heterocycles. The Morgan fingerprint density at radius 1 is 0.846 bits per heavy atom. The van der Waals surface area contributed by atoms with E-state index in [2.05, 4.69) is 5.32 Å². The number of hydrogen-bond acceptors (Lipinski definition) is 2. The maximum atomic E-state index is 13.0. The van der Waals surface area contributed by atoms with Crippen LogP contribution in [0.4, 0.5) is 5.69 Å². The van der Waals surface area contributed by atoms with Crippen LogP contribution in [0.5, 0.6) is 0 Å². The quantitative estimate of drug-likeness (QED) is 0.786. The highest BCUT2D eigenvalue weighted by atomic mass is 16.2. The summed E-state index contributed by atoms with van der Waals surface area (Å²) < 4.78 is 0. The van der Waals surface area contributed by atoms with Gasteiger partial charge in [-0.15, -0.1) is 0 Å². The van der Waals surface area contributed by atoms with E-state index in [4.69, 9.17) is 0 Å². The van der Waals surface area contributed by atoms with Crippen LogP contribution in [0.15, 0.2) is 84.9 Å². The Labute approximate surface area is 152 Å². The molecule has 0 aliphatic carbocycles. The molecule has 0 fully saturated rings. The van der Waals surface area contributed by atoms with Gasteiger partial charge in [-0.2, -0.15) is 0 Å². The molecule has 0 saturated heterocycles. The number of carbonyl (C=O) groups excluding carboxylic acids is 2. The monoisotopic (exact) mass is 342 g/mol. The van der Waals surface area contributed by atoms with Crippen molar-refractivity contribution in [2.24, 2.45) is 0 Å². The molecule has 0 saturated carbocycles. The van der Waals surface area contributed by atoms with Gasteiger partial charge in [0.25, 0.3) is 5.91 Å². The van der Waals surface area contributed by atoms with E-state index in [1.54, 1.807) is 11.0 Å². The molecular formula is C22H18N2O2. The third-order valence-corrected chi connectivity index (χ3v) is 4.56. The molecule has 3 aromatic rings. The van der Waals surface area contributed by atoms with E-state index in [0.29, 0.717) is 17.8 Å². The van der Waals surface area contributed by atoms with Crippen LogP contribution in [0.3, 0.4) is 0 Å². The summed E-state index contributed by atoms with van der Waals surface area (Å²) in [6.45, 7) is 0.426. The molecule has 4 rings (SSSR count). The van der Waals surface area contributed by atoms with Crippen LogP contribution in [0.2, 0.25) is 0 Å². The van der Waals surface area contributed by atoms with E-state index in [9.17, 15) is 9.59 Å². The fraction of sp³-hybridized carbons (Fsp3) is 0.0909. The zero-order valence-electron chi connectivity index (χ0n) is 14.1. The third kappa shape index (κ3) is 2.86. The van der Waals surface area contributed by atoms with Crippen molar-refractivity contribution in [1.29, 1.82) is 0 Å². The Bertz CT molecular complexity index is 939. The second-order valence-electron chi connectivity index (χ2n) is 6.20. The van der Waals surface area contributed by atoms with Crippen molar-refractivity contribution in [3.05, 3.63) is 102 Å². The highest BCUT2D eigenvalue weighted by Gasteiger charge is 2.41. The molecular weight excluding hydrogens is 324 g/mol. The van der Waals surface area contributed by atoms with Crippen molar-refractivity contribution >= 4 is 17.5 Å². The van der Waals surface area contributed by atoms with Crippen LogP contribution >= 0.6 is 0 Å². The summed E-state index contributed by atoms with van der Waals surface area (Å²) in [5.41, 5.74) is 3.06. The van der Waals surface area contributed by atoms with Crippen molar-refractivity contribution in [1.82, 2.24) is 5.32 Å². The molecule has 1 heterocycles. The Kier molecular flexibility index (Phi) is 4.23. The summed E-state index contributed by atoms with van der Waals surface area (Å²) in [6, 6.07) is 25.7. The van der Waals surface area contributed by atoms with Gasteiger partial charge in [0.15, 0.2) is 0 Å². The van der Waals surface area contributed by atoms with Crippen LogP contribution in [-0.4, -0.2) is 11.8 Å². The van der Waals surface area contributed by atoms with Gasteiger partial charge in [0.1, 0.15) is 6.04 Å². The molecule has 0 radical (unpaired) electrons. The summed E-state index contributed by atoms with van der Waals surface area (Å²) in [7, 11) is 0. The van der Waals surface area contributed by atoms with Gasteiger partial charge in [0.2, 0.25) is 5.91 Å². The second-order valence-corrected chi connectivity index (χ2v) is 6.20. The molecule has 1 atom stereocenters. The Morgan fingerprint density at radius 2 is 1.46 bits per heavy atom. The highest BCUT2D eigenvalue weighted by molar-refractivity contribution is 6.15. The summed E-state index contributed by atoms with van der Waals surface area (Å²) >= 11 is 0. The molecule has 0 bridgehead atoms. The van der Waals surface area contributed by atoms with Crippen molar-refractivity contribution < 1.29 is 9.59 Å². The lowest BCUT2D eigenvalue weighted by Gasteiger charge is -2.24. The predicted molar refractivity (Wildman–Crippen MR) is 101 cm³/mol. The van der Waals surface area contributed by atoms with Gasteiger partial charge in [-0.25, -0.2) is 0 Å². The largest absolute Gasteiger partial charge is 0.350 e. The Hall–Kier alpha value is -3.40. The number of nitrogens with one attached hydrogen (secondary N) is 1. The predicted octanol–water partition coefficient (Wildman–Crippen LogP) is 3.70. The standard InChI is InChI=1S/C22H18N2O2/c25-21(23-15-16-9-3-1-4-10-16)20-18-13-7-8-14-19(18)22(26)24(20)17-11-5-2-6-12-17/h1-14,20H,15H2,(H,23,25). The van der Waals surface area contributed by atoms with Crippen LogP contribution in [-0.2, 0) is 11.3 Å². The molecule has 128 valence electrons. The lowest BCUT2D eigenvalue weighted by molar-refractivity contribution is -0.122. The van der Waals surface area contributed by atoms with Gasteiger partial charge >= 0.3 is 0 Å². The Morgan fingerprint density at radius 3 is 2.19 bits per heavy atom. The topological polar surface area (TPSA) is 49.4 Å². The molecule has 26 heavy (non-hydrogen) atoms. The average Bonchev–Trinajstić information content (AvgIpc) is 3.00. The van der Waals surface area contributed by atoms with Gasteiger partial charge in [0, 0.05) is 17.8 Å².